The number of allylic oxidation sites excluding steroid dienone is 3. The molecule has 0 spiro atoms. The Kier molecular flexibility index (Phi) is 9.31. The molecule has 102 valence electrons. The first-order valence-electron chi connectivity index (χ1n) is 7.29. The summed E-state index contributed by atoms with van der Waals surface area (Å²) in [5, 5.41) is 0. The van der Waals surface area contributed by atoms with E-state index in [0.29, 0.717) is 0 Å². The Morgan fingerprint density at radius 1 is 0.947 bits per heavy atom. The van der Waals surface area contributed by atoms with Gasteiger partial charge in [0.15, 0.2) is 0 Å². The molecule has 0 aliphatic heterocycles. The first kappa shape index (κ1) is 15.4. The summed E-state index contributed by atoms with van der Waals surface area (Å²) in [6, 6.07) is 10.7. The van der Waals surface area contributed by atoms with Crippen molar-refractivity contribution in [1.82, 2.24) is 0 Å². The molecule has 0 saturated heterocycles. The van der Waals surface area contributed by atoms with Crippen LogP contribution in [0.2, 0.25) is 0 Å². The first-order valence-corrected chi connectivity index (χ1v) is 7.29. The molecule has 0 N–H and O–H groups in total. The van der Waals surface area contributed by atoms with E-state index < -0.39 is 0 Å². The Balaban J connectivity index is 1.99. The Hall–Kier alpha value is -1.63. The fraction of sp³-hybridized carbons (Fsp3) is 0.389. The monoisotopic (exact) mass is 255 g/mol. The number of unbranched alkanes of at least 4 members (excludes halogenated alkanes) is 2. The fourth-order valence-corrected chi connectivity index (χ4v) is 1.79. The highest BCUT2D eigenvalue weighted by molar-refractivity contribution is 5.57. The molecule has 0 aromatic heterocycles. The molecular formula is C18H25N. The van der Waals surface area contributed by atoms with Crippen molar-refractivity contribution in [2.75, 3.05) is 0 Å². The maximum absolute atomic E-state index is 4.15. The number of hydrogen-bond acceptors (Lipinski definition) is 1. The van der Waals surface area contributed by atoms with Crippen LogP contribution in [0.4, 0.5) is 0 Å². The number of aryl methyl sites for hydroxylation is 1. The van der Waals surface area contributed by atoms with Gasteiger partial charge < -0.3 is 0 Å². The maximum atomic E-state index is 4.15. The zero-order chi connectivity index (χ0) is 13.6. The average molecular weight is 255 g/mol. The maximum Gasteiger partial charge on any atom is 0.0223 e. The molecule has 0 aliphatic carbocycles. The summed E-state index contributed by atoms with van der Waals surface area (Å²) in [5.41, 5.74) is 1.42. The molecule has 0 heterocycles. The number of aliphatic imine (C=N–C) groups is 1. The van der Waals surface area contributed by atoms with Crippen LogP contribution in [0.1, 0.15) is 44.6 Å². The van der Waals surface area contributed by atoms with Crippen LogP contribution < -0.4 is 0 Å². The Morgan fingerprint density at radius 2 is 1.68 bits per heavy atom. The van der Waals surface area contributed by atoms with Crippen LogP contribution in [0, 0.1) is 0 Å². The predicted molar refractivity (Wildman–Crippen MR) is 85.7 cm³/mol. The van der Waals surface area contributed by atoms with Gasteiger partial charge in [0.25, 0.3) is 0 Å². The van der Waals surface area contributed by atoms with Crippen molar-refractivity contribution in [2.24, 2.45) is 4.99 Å². The molecule has 0 atom stereocenters. The van der Waals surface area contributed by atoms with Crippen LogP contribution in [0.15, 0.2) is 59.8 Å². The SMILES string of the molecule is CCC=N/C=C/CCC/C=C/CCc1ccccc1. The summed E-state index contributed by atoms with van der Waals surface area (Å²) in [7, 11) is 0. The number of benzene rings is 1. The Labute approximate surface area is 117 Å². The van der Waals surface area contributed by atoms with Gasteiger partial charge in [-0.15, -0.1) is 0 Å². The number of rotatable bonds is 9. The van der Waals surface area contributed by atoms with Gasteiger partial charge in [-0.2, -0.15) is 0 Å². The van der Waals surface area contributed by atoms with Crippen molar-refractivity contribution in [3.63, 3.8) is 0 Å². The van der Waals surface area contributed by atoms with Gasteiger partial charge in [-0.3, -0.25) is 4.99 Å². The van der Waals surface area contributed by atoms with Crippen molar-refractivity contribution in [2.45, 2.75) is 45.4 Å². The normalized spacial score (nSPS) is 12.1. The second-order valence-electron chi connectivity index (χ2n) is 4.55. The smallest absolute Gasteiger partial charge is 0.0223 e. The summed E-state index contributed by atoms with van der Waals surface area (Å²) in [6.45, 7) is 2.09. The lowest BCUT2D eigenvalue weighted by Gasteiger charge is -1.96. The molecule has 1 aromatic rings. The van der Waals surface area contributed by atoms with Gasteiger partial charge in [-0.25, -0.2) is 0 Å². The van der Waals surface area contributed by atoms with Gasteiger partial charge in [0.2, 0.25) is 0 Å². The molecule has 1 rings (SSSR count). The number of nitrogens with zero attached hydrogens (tertiary/aromatic N) is 1. The minimum absolute atomic E-state index is 1.01. The fourth-order valence-electron chi connectivity index (χ4n) is 1.79. The highest BCUT2D eigenvalue weighted by Gasteiger charge is 1.87. The van der Waals surface area contributed by atoms with E-state index in [1.807, 2.05) is 12.4 Å². The second-order valence-corrected chi connectivity index (χ2v) is 4.55. The van der Waals surface area contributed by atoms with Crippen LogP contribution in [-0.4, -0.2) is 6.21 Å². The third-order valence-electron chi connectivity index (χ3n) is 2.83. The van der Waals surface area contributed by atoms with E-state index >= 15 is 0 Å². The summed E-state index contributed by atoms with van der Waals surface area (Å²) < 4.78 is 0. The minimum atomic E-state index is 1.01. The van der Waals surface area contributed by atoms with E-state index in [1.165, 1.54) is 12.0 Å². The summed E-state index contributed by atoms with van der Waals surface area (Å²) in [6.07, 6.45) is 17.4. The van der Waals surface area contributed by atoms with Crippen molar-refractivity contribution in [3.8, 4) is 0 Å². The van der Waals surface area contributed by atoms with Crippen LogP contribution in [-0.2, 0) is 6.42 Å². The first-order chi connectivity index (χ1) is 9.43. The van der Waals surface area contributed by atoms with Crippen molar-refractivity contribution in [3.05, 3.63) is 60.3 Å². The van der Waals surface area contributed by atoms with Crippen LogP contribution in [0.5, 0.6) is 0 Å². The van der Waals surface area contributed by atoms with E-state index in [0.717, 1.165) is 32.1 Å². The number of hydrogen-bond donors (Lipinski definition) is 0. The minimum Gasteiger partial charge on any atom is -0.269 e. The van der Waals surface area contributed by atoms with Crippen LogP contribution in [0.25, 0.3) is 0 Å². The quantitative estimate of drug-likeness (QED) is 0.321. The summed E-state index contributed by atoms with van der Waals surface area (Å²) >= 11 is 0. The summed E-state index contributed by atoms with van der Waals surface area (Å²) in [4.78, 5) is 4.15. The highest BCUT2D eigenvalue weighted by atomic mass is 14.7. The molecule has 0 amide bonds. The molecule has 1 heteroatoms. The zero-order valence-electron chi connectivity index (χ0n) is 12.0. The molecule has 19 heavy (non-hydrogen) atoms. The van der Waals surface area contributed by atoms with E-state index in [1.54, 1.807) is 0 Å². The standard InChI is InChI=1S/C18H25N/c1-2-16-19-17-12-7-5-3-4-6-9-13-18-14-10-8-11-15-18/h4,6,8,10-12,14-17H,2-3,5,7,9,13H2,1H3/b6-4+,17-12+,19-16?. The largest absolute Gasteiger partial charge is 0.269 e. The van der Waals surface area contributed by atoms with Gasteiger partial charge in [0.1, 0.15) is 0 Å². The molecule has 0 unspecified atom stereocenters. The van der Waals surface area contributed by atoms with Gasteiger partial charge in [-0.05, 0) is 44.1 Å². The third-order valence-corrected chi connectivity index (χ3v) is 2.83. The van der Waals surface area contributed by atoms with E-state index in [-0.39, 0.29) is 0 Å². The molecular weight excluding hydrogens is 230 g/mol. The highest BCUT2D eigenvalue weighted by Crippen LogP contribution is 2.04. The van der Waals surface area contributed by atoms with Crippen LogP contribution in [0.3, 0.4) is 0 Å². The lowest BCUT2D eigenvalue weighted by molar-refractivity contribution is 0.860. The van der Waals surface area contributed by atoms with E-state index in [9.17, 15) is 0 Å². The Bertz CT molecular complexity index is 387. The molecule has 0 radical (unpaired) electrons. The Morgan fingerprint density at radius 3 is 2.47 bits per heavy atom. The topological polar surface area (TPSA) is 12.4 Å². The summed E-state index contributed by atoms with van der Waals surface area (Å²) in [5.74, 6) is 0. The van der Waals surface area contributed by atoms with Crippen molar-refractivity contribution in [1.29, 1.82) is 0 Å². The lowest BCUT2D eigenvalue weighted by Crippen LogP contribution is -1.81. The second kappa shape index (κ2) is 11.5. The molecule has 0 bridgehead atoms. The molecule has 0 saturated carbocycles. The lowest BCUT2D eigenvalue weighted by atomic mass is 10.1. The van der Waals surface area contributed by atoms with Crippen molar-refractivity contribution < 1.29 is 0 Å². The van der Waals surface area contributed by atoms with E-state index in [4.69, 9.17) is 0 Å². The van der Waals surface area contributed by atoms with Crippen molar-refractivity contribution >= 4 is 6.21 Å². The molecule has 0 aliphatic rings. The third kappa shape index (κ3) is 9.01. The van der Waals surface area contributed by atoms with Gasteiger partial charge in [0, 0.05) is 12.4 Å². The van der Waals surface area contributed by atoms with Gasteiger partial charge >= 0.3 is 0 Å². The van der Waals surface area contributed by atoms with Crippen LogP contribution >= 0.6 is 0 Å². The molecule has 1 nitrogen and oxygen atoms in total. The average Bonchev–Trinajstić information content (AvgIpc) is 2.46. The molecule has 0 fully saturated rings. The van der Waals surface area contributed by atoms with E-state index in [2.05, 4.69) is 60.5 Å². The predicted octanol–water partition coefficient (Wildman–Crippen LogP) is 5.34. The van der Waals surface area contributed by atoms with Gasteiger partial charge in [-0.1, -0.05) is 55.5 Å². The molecule has 1 aromatic carbocycles. The zero-order valence-corrected chi connectivity index (χ0v) is 12.0. The van der Waals surface area contributed by atoms with Gasteiger partial charge in [0.05, 0.1) is 0 Å².